The van der Waals surface area contributed by atoms with Crippen LogP contribution in [-0.4, -0.2) is 23.1 Å². The number of nitrogens with one attached hydrogen (secondary N) is 2. The quantitative estimate of drug-likeness (QED) is 0.851. The Morgan fingerprint density at radius 1 is 1.16 bits per heavy atom. The number of nitrogens with zero attached hydrogens (tertiary/aromatic N) is 2. The lowest BCUT2D eigenvalue weighted by molar-refractivity contribution is 0.318. The van der Waals surface area contributed by atoms with Crippen LogP contribution in [0, 0.1) is 12.8 Å². The molecule has 0 atom stereocenters. The molecule has 1 aliphatic carbocycles. The molecular weight excluding hydrogens is 236 g/mol. The summed E-state index contributed by atoms with van der Waals surface area (Å²) >= 11 is 0. The first-order valence-electron chi connectivity index (χ1n) is 7.51. The largest absolute Gasteiger partial charge is 0.373 e. The fraction of sp³-hybridized carbons (Fsp3) is 0.733. The van der Waals surface area contributed by atoms with E-state index in [0.717, 1.165) is 23.4 Å². The van der Waals surface area contributed by atoms with Crippen molar-refractivity contribution in [2.45, 2.75) is 58.4 Å². The Balaban J connectivity index is 1.90. The van der Waals surface area contributed by atoms with Gasteiger partial charge in [0.05, 0.1) is 0 Å². The van der Waals surface area contributed by atoms with E-state index in [1.165, 1.54) is 38.5 Å². The molecule has 1 aromatic rings. The zero-order valence-electron chi connectivity index (χ0n) is 12.4. The van der Waals surface area contributed by atoms with Gasteiger partial charge in [0.2, 0.25) is 0 Å². The Morgan fingerprint density at radius 2 is 1.84 bits per heavy atom. The van der Waals surface area contributed by atoms with Crippen LogP contribution < -0.4 is 10.6 Å². The number of hydrogen-bond donors (Lipinski definition) is 2. The van der Waals surface area contributed by atoms with E-state index < -0.39 is 0 Å². The zero-order chi connectivity index (χ0) is 13.7. The summed E-state index contributed by atoms with van der Waals surface area (Å²) in [5, 5.41) is 6.65. The van der Waals surface area contributed by atoms with Crippen LogP contribution in [0.3, 0.4) is 0 Å². The minimum Gasteiger partial charge on any atom is -0.373 e. The number of aromatic nitrogens is 2. The number of anilines is 2. The average Bonchev–Trinajstić information content (AvgIpc) is 2.40. The van der Waals surface area contributed by atoms with Gasteiger partial charge in [-0.25, -0.2) is 9.97 Å². The number of aryl methyl sites for hydroxylation is 1. The highest BCUT2D eigenvalue weighted by molar-refractivity contribution is 5.47. The molecular formula is C15H26N4. The van der Waals surface area contributed by atoms with Gasteiger partial charge < -0.3 is 10.6 Å². The van der Waals surface area contributed by atoms with Crippen molar-refractivity contribution >= 4 is 11.6 Å². The van der Waals surface area contributed by atoms with E-state index in [0.29, 0.717) is 6.04 Å². The molecule has 4 nitrogen and oxygen atoms in total. The maximum absolute atomic E-state index is 4.47. The second-order valence-corrected chi connectivity index (χ2v) is 5.59. The van der Waals surface area contributed by atoms with Gasteiger partial charge in [-0.15, -0.1) is 0 Å². The third-order valence-corrected chi connectivity index (χ3v) is 3.99. The van der Waals surface area contributed by atoms with Crippen LogP contribution in [-0.2, 0) is 0 Å². The third-order valence-electron chi connectivity index (χ3n) is 3.99. The normalized spacial score (nSPS) is 23.1. The minimum atomic E-state index is 0.576. The van der Waals surface area contributed by atoms with Gasteiger partial charge in [-0.05, 0) is 38.5 Å². The van der Waals surface area contributed by atoms with Crippen molar-refractivity contribution in [3.8, 4) is 0 Å². The maximum atomic E-state index is 4.47. The predicted octanol–water partition coefficient (Wildman–Crippen LogP) is 3.60. The van der Waals surface area contributed by atoms with Crippen molar-refractivity contribution in [1.82, 2.24) is 9.97 Å². The van der Waals surface area contributed by atoms with Crippen LogP contribution in [0.25, 0.3) is 0 Å². The molecule has 106 valence electrons. The van der Waals surface area contributed by atoms with Gasteiger partial charge in [-0.3, -0.25) is 0 Å². The summed E-state index contributed by atoms with van der Waals surface area (Å²) in [6, 6.07) is 2.57. The van der Waals surface area contributed by atoms with Crippen LogP contribution in [0.15, 0.2) is 6.07 Å². The molecule has 1 aliphatic rings. The summed E-state index contributed by atoms with van der Waals surface area (Å²) in [5.41, 5.74) is 0. The standard InChI is InChI=1S/C15H26N4/c1-4-5-12-6-8-13(9-7-12)19-15-10-14(16-3)17-11(2)18-15/h10,12-13H,4-9H2,1-3H3,(H2,16,17,18,19). The van der Waals surface area contributed by atoms with Crippen molar-refractivity contribution < 1.29 is 0 Å². The molecule has 0 spiro atoms. The molecule has 4 heteroatoms. The van der Waals surface area contributed by atoms with Crippen molar-refractivity contribution in [3.63, 3.8) is 0 Å². The maximum Gasteiger partial charge on any atom is 0.132 e. The Kier molecular flexibility index (Phi) is 5.00. The first kappa shape index (κ1) is 14.1. The monoisotopic (exact) mass is 262 g/mol. The minimum absolute atomic E-state index is 0.576. The zero-order valence-corrected chi connectivity index (χ0v) is 12.4. The van der Waals surface area contributed by atoms with Crippen LogP contribution in [0.2, 0.25) is 0 Å². The van der Waals surface area contributed by atoms with Crippen LogP contribution in [0.1, 0.15) is 51.3 Å². The van der Waals surface area contributed by atoms with Crippen molar-refractivity contribution in [3.05, 3.63) is 11.9 Å². The van der Waals surface area contributed by atoms with E-state index in [-0.39, 0.29) is 0 Å². The summed E-state index contributed by atoms with van der Waals surface area (Å²) in [4.78, 5) is 8.79. The van der Waals surface area contributed by atoms with Gasteiger partial charge in [0.25, 0.3) is 0 Å². The molecule has 0 saturated heterocycles. The van der Waals surface area contributed by atoms with E-state index in [1.807, 2.05) is 20.0 Å². The molecule has 0 radical (unpaired) electrons. The Bertz CT molecular complexity index is 397. The molecule has 0 bridgehead atoms. The lowest BCUT2D eigenvalue weighted by Crippen LogP contribution is -2.26. The summed E-state index contributed by atoms with van der Waals surface area (Å²) < 4.78 is 0. The van der Waals surface area contributed by atoms with Gasteiger partial charge >= 0.3 is 0 Å². The molecule has 0 aromatic carbocycles. The highest BCUT2D eigenvalue weighted by Gasteiger charge is 2.20. The van der Waals surface area contributed by atoms with E-state index in [9.17, 15) is 0 Å². The first-order chi connectivity index (χ1) is 9.21. The van der Waals surface area contributed by atoms with E-state index in [4.69, 9.17) is 0 Å². The molecule has 1 fully saturated rings. The fourth-order valence-corrected chi connectivity index (χ4v) is 2.98. The molecule has 0 amide bonds. The van der Waals surface area contributed by atoms with Crippen molar-refractivity contribution in [1.29, 1.82) is 0 Å². The molecule has 1 heterocycles. The number of hydrogen-bond acceptors (Lipinski definition) is 4. The third kappa shape index (κ3) is 4.08. The van der Waals surface area contributed by atoms with Gasteiger partial charge in [-0.2, -0.15) is 0 Å². The number of rotatable bonds is 5. The predicted molar refractivity (Wildman–Crippen MR) is 80.6 cm³/mol. The molecule has 1 aromatic heterocycles. The highest BCUT2D eigenvalue weighted by Crippen LogP contribution is 2.29. The van der Waals surface area contributed by atoms with Crippen LogP contribution in [0.4, 0.5) is 11.6 Å². The molecule has 2 rings (SSSR count). The van der Waals surface area contributed by atoms with E-state index in [1.54, 1.807) is 0 Å². The smallest absolute Gasteiger partial charge is 0.132 e. The van der Waals surface area contributed by atoms with E-state index in [2.05, 4.69) is 27.5 Å². The van der Waals surface area contributed by atoms with Gasteiger partial charge in [-0.1, -0.05) is 19.8 Å². The van der Waals surface area contributed by atoms with Gasteiger partial charge in [0, 0.05) is 19.2 Å². The molecule has 0 unspecified atom stereocenters. The van der Waals surface area contributed by atoms with Gasteiger partial charge in [0.1, 0.15) is 17.5 Å². The summed E-state index contributed by atoms with van der Waals surface area (Å²) in [6.45, 7) is 4.22. The lowest BCUT2D eigenvalue weighted by Gasteiger charge is -2.29. The summed E-state index contributed by atoms with van der Waals surface area (Å²) in [7, 11) is 1.89. The Labute approximate surface area is 116 Å². The van der Waals surface area contributed by atoms with Crippen LogP contribution >= 0.6 is 0 Å². The second kappa shape index (κ2) is 6.73. The molecule has 1 saturated carbocycles. The van der Waals surface area contributed by atoms with Crippen molar-refractivity contribution in [2.24, 2.45) is 5.92 Å². The topological polar surface area (TPSA) is 49.8 Å². The molecule has 2 N–H and O–H groups in total. The average molecular weight is 262 g/mol. The molecule has 0 aliphatic heterocycles. The van der Waals surface area contributed by atoms with Crippen LogP contribution in [0.5, 0.6) is 0 Å². The summed E-state index contributed by atoms with van der Waals surface area (Å²) in [5.74, 6) is 3.60. The van der Waals surface area contributed by atoms with E-state index >= 15 is 0 Å². The lowest BCUT2D eigenvalue weighted by atomic mass is 9.83. The Hall–Kier alpha value is -1.32. The van der Waals surface area contributed by atoms with Gasteiger partial charge in [0.15, 0.2) is 0 Å². The first-order valence-corrected chi connectivity index (χ1v) is 7.51. The SMILES string of the molecule is CCCC1CCC(Nc2cc(NC)nc(C)n2)CC1. The summed E-state index contributed by atoms with van der Waals surface area (Å²) in [6.07, 6.45) is 7.96. The fourth-order valence-electron chi connectivity index (χ4n) is 2.98. The highest BCUT2D eigenvalue weighted by atomic mass is 15.1. The second-order valence-electron chi connectivity index (χ2n) is 5.59. The Morgan fingerprint density at radius 3 is 2.47 bits per heavy atom. The van der Waals surface area contributed by atoms with Crippen molar-refractivity contribution in [2.75, 3.05) is 17.7 Å². The molecule has 19 heavy (non-hydrogen) atoms.